The predicted octanol–water partition coefficient (Wildman–Crippen LogP) is 1.09. The number of rotatable bonds is 4. The number of hydrogen-bond donors (Lipinski definition) is 2. The summed E-state index contributed by atoms with van der Waals surface area (Å²) in [5.41, 5.74) is 1.26. The lowest BCUT2D eigenvalue weighted by atomic mass is 9.94. The molecular weight excluding hydrogens is 276 g/mol. The number of hydrogen-bond acceptors (Lipinski definition) is 4. The number of nitrogens with zero attached hydrogens (tertiary/aromatic N) is 2. The molecule has 3 rings (SSSR count). The molecule has 1 aliphatic carbocycles. The van der Waals surface area contributed by atoms with Gasteiger partial charge in [-0.1, -0.05) is 6.42 Å². The largest absolute Gasteiger partial charge is 0.379 e. The van der Waals surface area contributed by atoms with Gasteiger partial charge in [-0.2, -0.15) is 5.10 Å². The van der Waals surface area contributed by atoms with E-state index in [1.807, 2.05) is 17.9 Å². The highest BCUT2D eigenvalue weighted by atomic mass is 35.5. The zero-order chi connectivity index (χ0) is 13.1. The number of aryl methyl sites for hydroxylation is 1. The highest BCUT2D eigenvalue weighted by molar-refractivity contribution is 5.85. The van der Waals surface area contributed by atoms with Crippen molar-refractivity contribution >= 4 is 12.4 Å². The van der Waals surface area contributed by atoms with Gasteiger partial charge < -0.3 is 15.4 Å². The molecule has 2 heterocycles. The molecule has 2 fully saturated rings. The molecule has 1 aliphatic heterocycles. The molecule has 0 radical (unpaired) electrons. The number of aromatic nitrogens is 2. The summed E-state index contributed by atoms with van der Waals surface area (Å²) in [6.07, 6.45) is 7.94. The van der Waals surface area contributed by atoms with E-state index in [9.17, 15) is 0 Å². The van der Waals surface area contributed by atoms with E-state index in [0.717, 1.165) is 26.3 Å². The monoisotopic (exact) mass is 300 g/mol. The molecule has 6 heteroatoms. The molecular formula is C14H25ClN4O. The normalized spacial score (nSPS) is 30.1. The molecule has 114 valence electrons. The summed E-state index contributed by atoms with van der Waals surface area (Å²) in [5, 5.41) is 11.5. The summed E-state index contributed by atoms with van der Waals surface area (Å²) in [6.45, 7) is 3.64. The second-order valence-electron chi connectivity index (χ2n) is 5.74. The van der Waals surface area contributed by atoms with E-state index in [1.54, 1.807) is 0 Å². The first kappa shape index (κ1) is 15.8. The molecule has 1 aromatic rings. The molecule has 1 saturated carbocycles. The molecule has 1 aromatic heterocycles. The van der Waals surface area contributed by atoms with Crippen molar-refractivity contribution in [3.8, 4) is 0 Å². The lowest BCUT2D eigenvalue weighted by Gasteiger charge is -2.33. The zero-order valence-corrected chi connectivity index (χ0v) is 12.9. The average Bonchev–Trinajstić information content (AvgIpc) is 3.06. The maximum absolute atomic E-state index is 5.61. The van der Waals surface area contributed by atoms with Crippen molar-refractivity contribution in [1.82, 2.24) is 20.4 Å². The summed E-state index contributed by atoms with van der Waals surface area (Å²) >= 11 is 0. The Kier molecular flexibility index (Phi) is 5.84. The number of halogens is 1. The SMILES string of the molecule is Cl.Cn1cc(CNC2CCCC2C2COCCN2)cn1. The van der Waals surface area contributed by atoms with Crippen LogP contribution < -0.4 is 10.6 Å². The summed E-state index contributed by atoms with van der Waals surface area (Å²) in [4.78, 5) is 0. The Labute approximate surface area is 126 Å². The summed E-state index contributed by atoms with van der Waals surface area (Å²) in [7, 11) is 1.96. The predicted molar refractivity (Wildman–Crippen MR) is 81.0 cm³/mol. The van der Waals surface area contributed by atoms with Crippen molar-refractivity contribution in [2.24, 2.45) is 13.0 Å². The van der Waals surface area contributed by atoms with Crippen LogP contribution in [0, 0.1) is 5.92 Å². The Morgan fingerprint density at radius 3 is 3.10 bits per heavy atom. The van der Waals surface area contributed by atoms with Gasteiger partial charge >= 0.3 is 0 Å². The molecule has 2 N–H and O–H groups in total. The van der Waals surface area contributed by atoms with Gasteiger partial charge in [0.1, 0.15) is 0 Å². The zero-order valence-electron chi connectivity index (χ0n) is 12.0. The molecule has 20 heavy (non-hydrogen) atoms. The summed E-state index contributed by atoms with van der Waals surface area (Å²) in [5.74, 6) is 0.706. The molecule has 0 amide bonds. The van der Waals surface area contributed by atoms with Crippen molar-refractivity contribution < 1.29 is 4.74 Å². The van der Waals surface area contributed by atoms with E-state index in [1.165, 1.54) is 24.8 Å². The molecule has 5 nitrogen and oxygen atoms in total. The van der Waals surface area contributed by atoms with E-state index >= 15 is 0 Å². The van der Waals surface area contributed by atoms with Gasteiger partial charge in [0.2, 0.25) is 0 Å². The Morgan fingerprint density at radius 2 is 2.40 bits per heavy atom. The van der Waals surface area contributed by atoms with E-state index < -0.39 is 0 Å². The number of morpholine rings is 1. The highest BCUT2D eigenvalue weighted by Gasteiger charge is 2.34. The smallest absolute Gasteiger partial charge is 0.0623 e. The fourth-order valence-electron chi connectivity index (χ4n) is 3.40. The minimum atomic E-state index is 0. The molecule has 0 bridgehead atoms. The first-order valence-corrected chi connectivity index (χ1v) is 7.35. The van der Waals surface area contributed by atoms with Gasteiger partial charge in [0.05, 0.1) is 19.4 Å². The summed E-state index contributed by atoms with van der Waals surface area (Å²) < 4.78 is 7.47. The number of nitrogens with one attached hydrogen (secondary N) is 2. The lowest BCUT2D eigenvalue weighted by molar-refractivity contribution is 0.0524. The maximum atomic E-state index is 5.61. The van der Waals surface area contributed by atoms with Gasteiger partial charge in [0.25, 0.3) is 0 Å². The van der Waals surface area contributed by atoms with Crippen LogP contribution in [0.15, 0.2) is 12.4 Å². The highest BCUT2D eigenvalue weighted by Crippen LogP contribution is 2.29. The molecule has 3 atom stereocenters. The topological polar surface area (TPSA) is 51.1 Å². The maximum Gasteiger partial charge on any atom is 0.0623 e. The van der Waals surface area contributed by atoms with Crippen LogP contribution in [0.2, 0.25) is 0 Å². The Bertz CT molecular complexity index is 406. The standard InChI is InChI=1S/C14H24N4O.ClH/c1-18-9-11(8-17-18)7-16-13-4-2-3-12(13)14-10-19-6-5-15-14;/h8-9,12-16H,2-7,10H2,1H3;1H. The van der Waals surface area contributed by atoms with Crippen LogP contribution in [0.5, 0.6) is 0 Å². The van der Waals surface area contributed by atoms with Crippen LogP contribution in [-0.2, 0) is 18.3 Å². The Balaban J connectivity index is 0.00000147. The molecule has 2 aliphatic rings. The fourth-order valence-corrected chi connectivity index (χ4v) is 3.40. The lowest BCUT2D eigenvalue weighted by Crippen LogP contribution is -2.50. The van der Waals surface area contributed by atoms with Crippen molar-refractivity contribution in [3.05, 3.63) is 18.0 Å². The minimum Gasteiger partial charge on any atom is -0.379 e. The van der Waals surface area contributed by atoms with Crippen LogP contribution in [0.4, 0.5) is 0 Å². The third-order valence-electron chi connectivity index (χ3n) is 4.36. The van der Waals surface area contributed by atoms with Crippen molar-refractivity contribution in [3.63, 3.8) is 0 Å². The second-order valence-corrected chi connectivity index (χ2v) is 5.74. The number of ether oxygens (including phenoxy) is 1. The van der Waals surface area contributed by atoms with Crippen LogP contribution in [0.1, 0.15) is 24.8 Å². The van der Waals surface area contributed by atoms with E-state index in [2.05, 4.69) is 21.9 Å². The fraction of sp³-hybridized carbons (Fsp3) is 0.786. The van der Waals surface area contributed by atoms with Crippen molar-refractivity contribution in [2.75, 3.05) is 19.8 Å². The molecule has 3 unspecified atom stereocenters. The molecule has 0 aromatic carbocycles. The van der Waals surface area contributed by atoms with Crippen molar-refractivity contribution in [2.45, 2.75) is 37.9 Å². The van der Waals surface area contributed by atoms with E-state index in [-0.39, 0.29) is 12.4 Å². The van der Waals surface area contributed by atoms with Crippen molar-refractivity contribution in [1.29, 1.82) is 0 Å². The third-order valence-corrected chi connectivity index (χ3v) is 4.36. The van der Waals surface area contributed by atoms with Gasteiger partial charge in [-0.3, -0.25) is 4.68 Å². The first-order chi connectivity index (χ1) is 9.33. The van der Waals surface area contributed by atoms with Crippen LogP contribution in [0.3, 0.4) is 0 Å². The summed E-state index contributed by atoms with van der Waals surface area (Å²) in [6, 6.07) is 1.14. The minimum absolute atomic E-state index is 0. The Morgan fingerprint density at radius 1 is 1.50 bits per heavy atom. The van der Waals surface area contributed by atoms with Gasteiger partial charge in [0, 0.05) is 44.0 Å². The van der Waals surface area contributed by atoms with Crippen LogP contribution >= 0.6 is 12.4 Å². The third kappa shape index (κ3) is 3.73. The van der Waals surface area contributed by atoms with Crippen LogP contribution in [0.25, 0.3) is 0 Å². The average molecular weight is 301 g/mol. The first-order valence-electron chi connectivity index (χ1n) is 7.35. The van der Waals surface area contributed by atoms with E-state index in [0.29, 0.717) is 18.0 Å². The van der Waals surface area contributed by atoms with Gasteiger partial charge in [-0.25, -0.2) is 0 Å². The second kappa shape index (κ2) is 7.41. The van der Waals surface area contributed by atoms with Gasteiger partial charge in [-0.05, 0) is 18.8 Å². The quantitative estimate of drug-likeness (QED) is 0.874. The van der Waals surface area contributed by atoms with Gasteiger partial charge in [-0.15, -0.1) is 12.4 Å². The van der Waals surface area contributed by atoms with Gasteiger partial charge in [0.15, 0.2) is 0 Å². The van der Waals surface area contributed by atoms with E-state index in [4.69, 9.17) is 4.74 Å². The molecule has 0 spiro atoms. The Hall–Kier alpha value is -0.620. The van der Waals surface area contributed by atoms with Crippen LogP contribution in [-0.4, -0.2) is 41.6 Å². The molecule has 1 saturated heterocycles.